The second-order valence-corrected chi connectivity index (χ2v) is 9.39. The van der Waals surface area contributed by atoms with Gasteiger partial charge in [0, 0.05) is 17.4 Å². The monoisotopic (exact) mass is 445 g/mol. The standard InChI is InChI=1S/C26H31N5O2/c1-19(2)33-24-13-20(9-8-12-27-21-10-6-5-7-11-21)15-28-25(24)23-17-31(30-29-23)16-22-14-26(3,4)18-32-22/h5-7,10-11,13,15,17,19,22,27H,12,14,16,18H2,1-4H3. The fourth-order valence-corrected chi connectivity index (χ4v) is 3.80. The Hall–Kier alpha value is -3.37. The first-order chi connectivity index (χ1) is 15.9. The molecule has 0 saturated carbocycles. The number of hydrogen-bond acceptors (Lipinski definition) is 6. The molecule has 1 aliphatic heterocycles. The van der Waals surface area contributed by atoms with E-state index in [-0.39, 0.29) is 17.6 Å². The minimum absolute atomic E-state index is 0.00216. The third-order valence-electron chi connectivity index (χ3n) is 5.26. The van der Waals surface area contributed by atoms with Gasteiger partial charge in [-0.15, -0.1) is 5.10 Å². The number of hydrogen-bond donors (Lipinski definition) is 1. The number of ether oxygens (including phenoxy) is 2. The van der Waals surface area contributed by atoms with Crippen LogP contribution in [-0.2, 0) is 11.3 Å². The van der Waals surface area contributed by atoms with Crippen LogP contribution in [0.1, 0.15) is 39.7 Å². The Balaban J connectivity index is 1.47. The lowest BCUT2D eigenvalue weighted by atomic mass is 9.91. The molecule has 1 aliphatic rings. The Morgan fingerprint density at radius 2 is 2.09 bits per heavy atom. The van der Waals surface area contributed by atoms with Crippen LogP contribution in [0.2, 0.25) is 0 Å². The molecule has 1 aromatic carbocycles. The minimum Gasteiger partial charge on any atom is -0.489 e. The molecule has 172 valence electrons. The Morgan fingerprint density at radius 1 is 1.27 bits per heavy atom. The van der Waals surface area contributed by atoms with Gasteiger partial charge in [0.15, 0.2) is 0 Å². The molecule has 1 saturated heterocycles. The molecule has 1 N–H and O–H groups in total. The van der Waals surface area contributed by atoms with Crippen molar-refractivity contribution in [1.82, 2.24) is 20.0 Å². The summed E-state index contributed by atoms with van der Waals surface area (Å²) in [5.74, 6) is 6.94. The predicted octanol–water partition coefficient (Wildman–Crippen LogP) is 4.41. The number of para-hydroxylation sites is 1. The average Bonchev–Trinajstić information content (AvgIpc) is 3.37. The SMILES string of the molecule is CC(C)Oc1cc(C#CCNc2ccccc2)cnc1-c1cn(CC2CC(C)(C)CO2)nn1. The maximum Gasteiger partial charge on any atom is 0.148 e. The summed E-state index contributed by atoms with van der Waals surface area (Å²) < 4.78 is 13.8. The van der Waals surface area contributed by atoms with Gasteiger partial charge < -0.3 is 14.8 Å². The third-order valence-corrected chi connectivity index (χ3v) is 5.26. The van der Waals surface area contributed by atoms with Crippen molar-refractivity contribution < 1.29 is 9.47 Å². The van der Waals surface area contributed by atoms with Crippen molar-refractivity contribution in [3.8, 4) is 29.0 Å². The zero-order valence-corrected chi connectivity index (χ0v) is 19.7. The summed E-state index contributed by atoms with van der Waals surface area (Å²) in [6, 6.07) is 11.9. The molecule has 1 unspecified atom stereocenters. The number of aromatic nitrogens is 4. The maximum atomic E-state index is 6.04. The molecule has 7 nitrogen and oxygen atoms in total. The van der Waals surface area contributed by atoms with Gasteiger partial charge in [-0.2, -0.15) is 0 Å². The van der Waals surface area contributed by atoms with Crippen molar-refractivity contribution >= 4 is 5.69 Å². The molecule has 7 heteroatoms. The third kappa shape index (κ3) is 6.33. The summed E-state index contributed by atoms with van der Waals surface area (Å²) in [5, 5.41) is 11.9. The Bertz CT molecular complexity index is 1130. The van der Waals surface area contributed by atoms with Gasteiger partial charge in [0.2, 0.25) is 0 Å². The molecule has 2 aromatic heterocycles. The van der Waals surface area contributed by atoms with E-state index in [1.165, 1.54) is 0 Å². The fourth-order valence-electron chi connectivity index (χ4n) is 3.80. The van der Waals surface area contributed by atoms with E-state index in [4.69, 9.17) is 9.47 Å². The van der Waals surface area contributed by atoms with E-state index in [2.05, 4.69) is 46.3 Å². The lowest BCUT2D eigenvalue weighted by molar-refractivity contribution is 0.0848. The summed E-state index contributed by atoms with van der Waals surface area (Å²) in [7, 11) is 0. The van der Waals surface area contributed by atoms with Gasteiger partial charge in [0.25, 0.3) is 0 Å². The molecule has 3 heterocycles. The van der Waals surface area contributed by atoms with Gasteiger partial charge in [-0.3, -0.25) is 0 Å². The molecule has 0 amide bonds. The van der Waals surface area contributed by atoms with Crippen molar-refractivity contribution in [2.24, 2.45) is 5.41 Å². The van der Waals surface area contributed by atoms with Crippen molar-refractivity contribution in [2.45, 2.75) is 52.9 Å². The number of pyridine rings is 1. The molecule has 1 fully saturated rings. The number of benzene rings is 1. The van der Waals surface area contributed by atoms with Crippen LogP contribution in [0.4, 0.5) is 5.69 Å². The van der Waals surface area contributed by atoms with Crippen LogP contribution >= 0.6 is 0 Å². The first kappa shape index (κ1) is 22.8. The molecule has 4 rings (SSSR count). The van der Waals surface area contributed by atoms with E-state index in [0.29, 0.717) is 30.2 Å². The molecule has 0 bridgehead atoms. The fraction of sp³-hybridized carbons (Fsp3) is 0.423. The van der Waals surface area contributed by atoms with Gasteiger partial charge in [-0.1, -0.05) is 49.1 Å². The first-order valence-electron chi connectivity index (χ1n) is 11.3. The highest BCUT2D eigenvalue weighted by Crippen LogP contribution is 2.32. The molecule has 33 heavy (non-hydrogen) atoms. The van der Waals surface area contributed by atoms with E-state index in [9.17, 15) is 0 Å². The van der Waals surface area contributed by atoms with Gasteiger partial charge in [0.1, 0.15) is 17.1 Å². The zero-order valence-electron chi connectivity index (χ0n) is 19.7. The summed E-state index contributed by atoms with van der Waals surface area (Å²) in [6.07, 6.45) is 4.81. The average molecular weight is 446 g/mol. The summed E-state index contributed by atoms with van der Waals surface area (Å²) in [6.45, 7) is 10.4. The van der Waals surface area contributed by atoms with Crippen LogP contribution in [0, 0.1) is 17.3 Å². The van der Waals surface area contributed by atoms with Crippen LogP contribution in [0.15, 0.2) is 48.8 Å². The molecule has 0 aliphatic carbocycles. The van der Waals surface area contributed by atoms with Gasteiger partial charge in [0.05, 0.1) is 38.1 Å². The first-order valence-corrected chi connectivity index (χ1v) is 11.3. The van der Waals surface area contributed by atoms with Crippen LogP contribution < -0.4 is 10.1 Å². The van der Waals surface area contributed by atoms with Gasteiger partial charge >= 0.3 is 0 Å². The largest absolute Gasteiger partial charge is 0.489 e. The second kappa shape index (κ2) is 10.1. The molecular formula is C26H31N5O2. The maximum absolute atomic E-state index is 6.04. The van der Waals surface area contributed by atoms with E-state index in [0.717, 1.165) is 24.3 Å². The number of nitrogens with one attached hydrogen (secondary N) is 1. The Morgan fingerprint density at radius 3 is 2.82 bits per heavy atom. The highest BCUT2D eigenvalue weighted by atomic mass is 16.5. The Labute approximate surface area is 195 Å². The van der Waals surface area contributed by atoms with Crippen LogP contribution in [0.5, 0.6) is 5.75 Å². The summed E-state index contributed by atoms with van der Waals surface area (Å²) in [5.41, 5.74) is 3.38. The van der Waals surface area contributed by atoms with Crippen LogP contribution in [0.25, 0.3) is 11.4 Å². The van der Waals surface area contributed by atoms with Gasteiger partial charge in [-0.25, -0.2) is 9.67 Å². The molecule has 0 radical (unpaired) electrons. The van der Waals surface area contributed by atoms with Crippen LogP contribution in [0.3, 0.4) is 0 Å². The van der Waals surface area contributed by atoms with E-state index in [1.807, 2.05) is 61.1 Å². The lowest BCUT2D eigenvalue weighted by Gasteiger charge is -2.13. The highest BCUT2D eigenvalue weighted by Gasteiger charge is 2.32. The number of nitrogens with zero attached hydrogens (tertiary/aromatic N) is 4. The summed E-state index contributed by atoms with van der Waals surface area (Å²) in [4.78, 5) is 4.61. The molecular weight excluding hydrogens is 414 g/mol. The minimum atomic E-state index is -0.00216. The lowest BCUT2D eigenvalue weighted by Crippen LogP contribution is -2.16. The van der Waals surface area contributed by atoms with Crippen molar-refractivity contribution in [3.63, 3.8) is 0 Å². The second-order valence-electron chi connectivity index (χ2n) is 9.39. The van der Waals surface area contributed by atoms with Crippen molar-refractivity contribution in [2.75, 3.05) is 18.5 Å². The number of rotatable bonds is 7. The molecule has 1 atom stereocenters. The van der Waals surface area contributed by atoms with E-state index < -0.39 is 0 Å². The summed E-state index contributed by atoms with van der Waals surface area (Å²) >= 11 is 0. The number of anilines is 1. The Kier molecular flexibility index (Phi) is 6.95. The molecule has 0 spiro atoms. The predicted molar refractivity (Wildman–Crippen MR) is 129 cm³/mol. The van der Waals surface area contributed by atoms with E-state index >= 15 is 0 Å². The topological polar surface area (TPSA) is 74.1 Å². The normalized spacial score (nSPS) is 16.9. The quantitative estimate of drug-likeness (QED) is 0.543. The highest BCUT2D eigenvalue weighted by molar-refractivity contribution is 5.63. The van der Waals surface area contributed by atoms with E-state index in [1.54, 1.807) is 6.20 Å². The zero-order chi connectivity index (χ0) is 23.3. The van der Waals surface area contributed by atoms with Gasteiger partial charge in [-0.05, 0) is 43.9 Å². The van der Waals surface area contributed by atoms with Crippen LogP contribution in [-0.4, -0.2) is 45.3 Å². The van der Waals surface area contributed by atoms with Crippen molar-refractivity contribution in [3.05, 3.63) is 54.4 Å². The molecule has 3 aromatic rings. The smallest absolute Gasteiger partial charge is 0.148 e. The van der Waals surface area contributed by atoms with Crippen molar-refractivity contribution in [1.29, 1.82) is 0 Å².